The summed E-state index contributed by atoms with van der Waals surface area (Å²) in [6.45, 7) is 5.91. The third-order valence-corrected chi connectivity index (χ3v) is 7.84. The number of hydrogen-bond acceptors (Lipinski definition) is 3. The fourth-order valence-corrected chi connectivity index (χ4v) is 6.67. The van der Waals surface area contributed by atoms with E-state index in [2.05, 4.69) is 49.9 Å². The van der Waals surface area contributed by atoms with Gasteiger partial charge in [-0.1, -0.05) is 54.6 Å². The number of rotatable bonds is 4. The normalized spacial score (nSPS) is 35.1. The molecule has 2 aromatic rings. The SMILES string of the molecule is C=CC[C@]1(O)[C@H]2C3c4ccccc4C([C@H](C)OC)(c4ccccc43)[C@H]2C(=O)N1C. The molecule has 6 rings (SSSR count). The minimum Gasteiger partial charge on any atom is -0.380 e. The maximum atomic E-state index is 13.7. The number of aliphatic hydroxyl groups is 1. The first-order chi connectivity index (χ1) is 13.9. The van der Waals surface area contributed by atoms with Crippen molar-refractivity contribution < 1.29 is 14.6 Å². The highest BCUT2D eigenvalue weighted by molar-refractivity contribution is 5.88. The molecule has 4 aliphatic rings. The van der Waals surface area contributed by atoms with Gasteiger partial charge in [0, 0.05) is 32.4 Å². The van der Waals surface area contributed by atoms with Crippen molar-refractivity contribution in [3.63, 3.8) is 0 Å². The van der Waals surface area contributed by atoms with E-state index in [-0.39, 0.29) is 29.8 Å². The predicted octanol–water partition coefficient (Wildman–Crippen LogP) is 3.44. The summed E-state index contributed by atoms with van der Waals surface area (Å²) in [5.74, 6) is -0.711. The molecule has 1 N–H and O–H groups in total. The summed E-state index contributed by atoms with van der Waals surface area (Å²) >= 11 is 0. The van der Waals surface area contributed by atoms with E-state index in [0.717, 1.165) is 11.1 Å². The largest absolute Gasteiger partial charge is 0.380 e. The van der Waals surface area contributed by atoms with Crippen molar-refractivity contribution in [1.29, 1.82) is 0 Å². The Morgan fingerprint density at radius 2 is 1.72 bits per heavy atom. The molecule has 4 nitrogen and oxygen atoms in total. The van der Waals surface area contributed by atoms with Gasteiger partial charge in [0.1, 0.15) is 5.72 Å². The minimum atomic E-state index is -1.27. The van der Waals surface area contributed by atoms with Gasteiger partial charge in [-0.2, -0.15) is 0 Å². The first-order valence-corrected chi connectivity index (χ1v) is 10.3. The van der Waals surface area contributed by atoms with E-state index in [1.54, 1.807) is 25.1 Å². The van der Waals surface area contributed by atoms with Crippen LogP contribution in [0.3, 0.4) is 0 Å². The van der Waals surface area contributed by atoms with Gasteiger partial charge in [-0.3, -0.25) is 4.79 Å². The van der Waals surface area contributed by atoms with Gasteiger partial charge in [-0.15, -0.1) is 6.58 Å². The smallest absolute Gasteiger partial charge is 0.229 e. The van der Waals surface area contributed by atoms with Crippen LogP contribution in [0.15, 0.2) is 61.2 Å². The fourth-order valence-electron chi connectivity index (χ4n) is 6.67. The van der Waals surface area contributed by atoms with E-state index in [1.807, 2.05) is 12.1 Å². The molecule has 1 fully saturated rings. The molecule has 0 aromatic heterocycles. The molecular weight excluding hydrogens is 362 g/mol. The average Bonchev–Trinajstić information content (AvgIpc) is 2.95. The molecule has 150 valence electrons. The molecule has 0 saturated carbocycles. The Morgan fingerprint density at radius 3 is 2.24 bits per heavy atom. The van der Waals surface area contributed by atoms with Gasteiger partial charge < -0.3 is 14.7 Å². The van der Waals surface area contributed by atoms with Crippen LogP contribution in [0.4, 0.5) is 0 Å². The molecule has 2 bridgehead atoms. The second kappa shape index (κ2) is 6.04. The van der Waals surface area contributed by atoms with Crippen LogP contribution in [0.2, 0.25) is 0 Å². The summed E-state index contributed by atoms with van der Waals surface area (Å²) < 4.78 is 5.97. The van der Waals surface area contributed by atoms with Gasteiger partial charge in [0.15, 0.2) is 0 Å². The van der Waals surface area contributed by atoms with E-state index < -0.39 is 11.1 Å². The second-order valence-electron chi connectivity index (χ2n) is 8.67. The maximum Gasteiger partial charge on any atom is 0.229 e. The highest BCUT2D eigenvalue weighted by atomic mass is 16.5. The van der Waals surface area contributed by atoms with E-state index >= 15 is 0 Å². The number of benzene rings is 2. The monoisotopic (exact) mass is 389 g/mol. The Hall–Kier alpha value is -2.43. The minimum absolute atomic E-state index is 0.0164. The van der Waals surface area contributed by atoms with Crippen molar-refractivity contribution in [3.05, 3.63) is 83.4 Å². The number of ether oxygens (including phenoxy) is 1. The van der Waals surface area contributed by atoms with E-state index in [4.69, 9.17) is 4.74 Å². The van der Waals surface area contributed by atoms with Crippen LogP contribution in [0.1, 0.15) is 41.5 Å². The van der Waals surface area contributed by atoms with Crippen LogP contribution in [-0.2, 0) is 14.9 Å². The third-order valence-electron chi connectivity index (χ3n) is 7.84. The molecule has 0 unspecified atom stereocenters. The maximum absolute atomic E-state index is 13.7. The van der Waals surface area contributed by atoms with Gasteiger partial charge in [0.05, 0.1) is 17.4 Å². The zero-order chi connectivity index (χ0) is 20.6. The van der Waals surface area contributed by atoms with E-state index in [1.165, 1.54) is 11.1 Å². The van der Waals surface area contributed by atoms with Crippen LogP contribution in [0.25, 0.3) is 0 Å². The van der Waals surface area contributed by atoms with Crippen LogP contribution in [-0.4, -0.2) is 41.9 Å². The van der Waals surface area contributed by atoms with Crippen LogP contribution in [0, 0.1) is 11.8 Å². The average molecular weight is 389 g/mol. The quantitative estimate of drug-likeness (QED) is 0.815. The van der Waals surface area contributed by atoms with Crippen LogP contribution < -0.4 is 0 Å². The van der Waals surface area contributed by atoms with E-state index in [9.17, 15) is 9.90 Å². The van der Waals surface area contributed by atoms with Crippen molar-refractivity contribution in [2.24, 2.45) is 11.8 Å². The Labute approximate surface area is 171 Å². The number of nitrogens with zero attached hydrogens (tertiary/aromatic N) is 1. The lowest BCUT2D eigenvalue weighted by Gasteiger charge is -2.58. The highest BCUT2D eigenvalue weighted by Gasteiger charge is 2.72. The highest BCUT2D eigenvalue weighted by Crippen LogP contribution is 2.68. The Kier molecular flexibility index (Phi) is 3.87. The molecule has 3 aliphatic carbocycles. The van der Waals surface area contributed by atoms with Crippen molar-refractivity contribution in [1.82, 2.24) is 4.90 Å². The van der Waals surface area contributed by atoms with Gasteiger partial charge in [0.2, 0.25) is 5.91 Å². The van der Waals surface area contributed by atoms with Gasteiger partial charge in [-0.05, 0) is 29.2 Å². The molecule has 2 aromatic carbocycles. The molecule has 0 radical (unpaired) electrons. The lowest BCUT2D eigenvalue weighted by atomic mass is 9.44. The molecule has 4 atom stereocenters. The molecule has 1 amide bonds. The molecule has 1 saturated heterocycles. The lowest BCUT2D eigenvalue weighted by Crippen LogP contribution is -2.60. The number of likely N-dealkylation sites (tertiary alicyclic amines) is 1. The van der Waals surface area contributed by atoms with Crippen molar-refractivity contribution in [3.8, 4) is 0 Å². The van der Waals surface area contributed by atoms with Crippen LogP contribution >= 0.6 is 0 Å². The molecule has 29 heavy (non-hydrogen) atoms. The fraction of sp³-hybridized carbons (Fsp3) is 0.400. The van der Waals surface area contributed by atoms with Gasteiger partial charge in [-0.25, -0.2) is 0 Å². The molecule has 0 spiro atoms. The van der Waals surface area contributed by atoms with Crippen molar-refractivity contribution in [2.75, 3.05) is 14.2 Å². The van der Waals surface area contributed by atoms with Gasteiger partial charge in [0.25, 0.3) is 0 Å². The lowest BCUT2D eigenvalue weighted by molar-refractivity contribution is -0.145. The van der Waals surface area contributed by atoms with Crippen LogP contribution in [0.5, 0.6) is 0 Å². The Morgan fingerprint density at radius 1 is 1.17 bits per heavy atom. The number of methoxy groups -OCH3 is 1. The zero-order valence-electron chi connectivity index (χ0n) is 17.1. The third kappa shape index (κ3) is 1.94. The summed E-state index contributed by atoms with van der Waals surface area (Å²) in [5, 5.41) is 11.9. The summed E-state index contributed by atoms with van der Waals surface area (Å²) in [5.41, 5.74) is 2.79. The number of hydrogen-bond donors (Lipinski definition) is 1. The summed E-state index contributed by atoms with van der Waals surface area (Å²) in [4.78, 5) is 15.3. The van der Waals surface area contributed by atoms with Crippen molar-refractivity contribution in [2.45, 2.75) is 36.5 Å². The van der Waals surface area contributed by atoms with Crippen molar-refractivity contribution >= 4 is 5.91 Å². The van der Waals surface area contributed by atoms with E-state index in [0.29, 0.717) is 6.42 Å². The predicted molar refractivity (Wildman–Crippen MR) is 111 cm³/mol. The zero-order valence-corrected chi connectivity index (χ0v) is 17.1. The number of carbonyl (C=O) groups is 1. The Balaban J connectivity index is 1.93. The van der Waals surface area contributed by atoms with Gasteiger partial charge >= 0.3 is 0 Å². The molecule has 1 aliphatic heterocycles. The summed E-state index contributed by atoms with van der Waals surface area (Å²) in [7, 11) is 3.43. The first kappa shape index (κ1) is 18.6. The number of amides is 1. The second-order valence-corrected chi connectivity index (χ2v) is 8.67. The molecule has 1 heterocycles. The Bertz CT molecular complexity index is 967. The number of carbonyl (C=O) groups excluding carboxylic acids is 1. The molecular formula is C25H27NO3. The summed E-state index contributed by atoms with van der Waals surface area (Å²) in [6, 6.07) is 16.8. The molecule has 4 heteroatoms. The standard InChI is InChI=1S/C25H27NO3/c1-5-14-24(28)21-20-16-10-6-8-12-18(16)25(15(2)29-4,22(21)23(27)26(24)3)19-13-9-7-11-17(19)20/h5-13,15,20-22,28H,1,14H2,2-4H3/t15-,20?,21-,22+,24-,25?/m0/s1. The first-order valence-electron chi connectivity index (χ1n) is 10.3. The topological polar surface area (TPSA) is 49.8 Å². The summed E-state index contributed by atoms with van der Waals surface area (Å²) in [6.07, 6.45) is 1.83.